The number of hydrogen-bond acceptors (Lipinski definition) is 10. The van der Waals surface area contributed by atoms with Gasteiger partial charge in [-0.25, -0.2) is 0 Å². The van der Waals surface area contributed by atoms with E-state index in [9.17, 15) is 32.8 Å². The van der Waals surface area contributed by atoms with Gasteiger partial charge < -0.3 is 29.6 Å². The van der Waals surface area contributed by atoms with Crippen LogP contribution in [0, 0.1) is 32.1 Å². The van der Waals surface area contributed by atoms with Crippen molar-refractivity contribution in [3.63, 3.8) is 0 Å². The summed E-state index contributed by atoms with van der Waals surface area (Å²) in [6, 6.07) is 0.709. The minimum Gasteiger partial charge on any atom is -0.496 e. The molecule has 4 aliphatic rings. The molecule has 1 saturated heterocycles. The number of rotatable bonds is 6. The van der Waals surface area contributed by atoms with E-state index in [0.29, 0.717) is 46.8 Å². The number of methoxy groups -OCH3 is 1. The lowest BCUT2D eigenvalue weighted by atomic mass is 9.71. The number of carbonyl (C=O) groups excluding carboxylic acids is 3. The third kappa shape index (κ3) is 5.51. The zero-order chi connectivity index (χ0) is 35.7. The Morgan fingerprint density at radius 2 is 1.78 bits per heavy atom. The van der Waals surface area contributed by atoms with Gasteiger partial charge in [0.25, 0.3) is 0 Å². The fourth-order valence-electron chi connectivity index (χ4n) is 8.34. The van der Waals surface area contributed by atoms with Crippen molar-refractivity contribution in [3.8, 4) is 29.1 Å². The molecule has 49 heavy (non-hydrogen) atoms. The van der Waals surface area contributed by atoms with Gasteiger partial charge in [0.05, 0.1) is 25.3 Å². The Bertz CT molecular complexity index is 1790. The first-order valence-corrected chi connectivity index (χ1v) is 15.9. The summed E-state index contributed by atoms with van der Waals surface area (Å²) in [7, 11) is 3.61. The molecule has 6 rings (SSSR count). The fourth-order valence-corrected chi connectivity index (χ4v) is 8.34. The number of fused-ring (bicyclic) bond motifs is 9. The Balaban J connectivity index is 1.52. The van der Waals surface area contributed by atoms with E-state index in [1.165, 1.54) is 6.92 Å². The Hall–Kier alpha value is -4.55. The summed E-state index contributed by atoms with van der Waals surface area (Å²) in [6.07, 6.45) is -4.28. The van der Waals surface area contributed by atoms with Crippen molar-refractivity contribution >= 4 is 17.8 Å². The maximum Gasteiger partial charge on any atom is 0.471 e. The number of nitriles is 1. The molecule has 0 saturated carbocycles. The van der Waals surface area contributed by atoms with Gasteiger partial charge in [0, 0.05) is 42.2 Å². The van der Waals surface area contributed by atoms with Crippen LogP contribution in [0.5, 0.6) is 23.0 Å². The Morgan fingerprint density at radius 3 is 2.41 bits per heavy atom. The first-order valence-electron chi connectivity index (χ1n) is 15.9. The highest BCUT2D eigenvalue weighted by atomic mass is 19.4. The number of hydrogen-bond donors (Lipinski definition) is 2. The number of esters is 1. The summed E-state index contributed by atoms with van der Waals surface area (Å²) < 4.78 is 62.4. The molecule has 0 aliphatic carbocycles. The molecule has 0 radical (unpaired) electrons. The molecular weight excluding hydrogens is 647 g/mol. The molecule has 0 spiro atoms. The van der Waals surface area contributed by atoms with E-state index in [0.717, 1.165) is 34.9 Å². The van der Waals surface area contributed by atoms with Crippen LogP contribution in [0.2, 0.25) is 0 Å². The van der Waals surface area contributed by atoms with Gasteiger partial charge in [0.2, 0.25) is 12.7 Å². The van der Waals surface area contributed by atoms with E-state index in [-0.39, 0.29) is 25.4 Å². The number of carbonyl (C=O) groups is 3. The quantitative estimate of drug-likeness (QED) is 0.344. The molecule has 1 unspecified atom stereocenters. The third-order valence-corrected chi connectivity index (χ3v) is 10.3. The first kappa shape index (κ1) is 34.3. The number of alkyl halides is 3. The highest BCUT2D eigenvalue weighted by molar-refractivity contribution is 5.89. The molecule has 2 aromatic carbocycles. The van der Waals surface area contributed by atoms with Gasteiger partial charge in [-0.3, -0.25) is 24.2 Å². The lowest BCUT2D eigenvalue weighted by molar-refractivity contribution is -0.174. The molecule has 262 valence electrons. The molecule has 0 aromatic heterocycles. The summed E-state index contributed by atoms with van der Waals surface area (Å²) in [5.74, 6) is -1.85. The van der Waals surface area contributed by atoms with E-state index in [4.69, 9.17) is 18.9 Å². The molecule has 4 heterocycles. The number of benzene rings is 2. The average molecular weight is 686 g/mol. The zero-order valence-electron chi connectivity index (χ0n) is 28.2. The molecule has 6 atom stereocenters. The van der Waals surface area contributed by atoms with Gasteiger partial charge in [0.1, 0.15) is 23.6 Å². The number of nitrogens with zero attached hydrogens (tertiary/aromatic N) is 3. The average Bonchev–Trinajstić information content (AvgIpc) is 3.52. The summed E-state index contributed by atoms with van der Waals surface area (Å²) in [5.41, 5.74) is 5.87. The molecule has 2 aromatic rings. The molecule has 15 heteroatoms. The SMILES string of the molecule is COc1c(C)cc2c(c1C)[C@@H]1C3Cc4c(OC(C)=O)c(C)c5c(c4[C@H](CNC(=O)[C@@H](C)NC(=O)C(F)(F)F)N3[C@@H](C#N)[C@H](C2)N1C)OCO5. The summed E-state index contributed by atoms with van der Waals surface area (Å²) in [6.45, 7) is 7.92. The van der Waals surface area contributed by atoms with Crippen LogP contribution in [0.15, 0.2) is 6.07 Å². The van der Waals surface area contributed by atoms with Crippen molar-refractivity contribution in [2.75, 3.05) is 27.5 Å². The standard InChI is InChI=1S/C34H38F3N5O7/c1-14-8-19-9-21-23(11-38)42-22(27(41(21)6)25(19)15(2)28(14)46-7)10-20-26(31-30(47-13-48-31)16(3)29(20)49-18(5)43)24(42)12-39-32(44)17(4)40-33(45)34(35,36)37/h8,17,21-24,27H,9-10,12-13H2,1-7H3,(H,39,44)(H,40,45)/t17-,21+,22?,23+,24+,27+/m1/s1. The van der Waals surface area contributed by atoms with Crippen molar-refractivity contribution in [1.82, 2.24) is 20.4 Å². The second-order valence-electron chi connectivity index (χ2n) is 13.1. The largest absolute Gasteiger partial charge is 0.496 e. The minimum atomic E-state index is -5.17. The monoisotopic (exact) mass is 685 g/mol. The number of halogens is 3. The van der Waals surface area contributed by atoms with Crippen LogP contribution < -0.4 is 29.6 Å². The molecule has 2 amide bonds. The highest BCUT2D eigenvalue weighted by Gasteiger charge is 2.56. The highest BCUT2D eigenvalue weighted by Crippen LogP contribution is 2.57. The Morgan fingerprint density at radius 1 is 1.08 bits per heavy atom. The van der Waals surface area contributed by atoms with Gasteiger partial charge in [-0.05, 0) is 69.8 Å². The topological polar surface area (TPSA) is 142 Å². The number of ether oxygens (including phenoxy) is 4. The van der Waals surface area contributed by atoms with Gasteiger partial charge >= 0.3 is 18.1 Å². The number of piperazine rings is 1. The van der Waals surface area contributed by atoms with Crippen molar-refractivity contribution in [3.05, 3.63) is 45.0 Å². The van der Waals surface area contributed by atoms with Gasteiger partial charge in [-0.15, -0.1) is 0 Å². The normalized spacial score (nSPS) is 24.5. The van der Waals surface area contributed by atoms with Crippen LogP contribution in [0.25, 0.3) is 0 Å². The van der Waals surface area contributed by atoms with Crippen LogP contribution in [-0.4, -0.2) is 85.4 Å². The molecule has 1 fully saturated rings. The molecule has 4 aliphatic heterocycles. The van der Waals surface area contributed by atoms with Gasteiger partial charge in [-0.2, -0.15) is 18.4 Å². The van der Waals surface area contributed by atoms with Crippen molar-refractivity contribution in [2.45, 2.75) is 89.9 Å². The zero-order valence-corrected chi connectivity index (χ0v) is 28.2. The second-order valence-corrected chi connectivity index (χ2v) is 13.1. The van der Waals surface area contributed by atoms with Crippen LogP contribution in [-0.2, 0) is 27.2 Å². The van der Waals surface area contributed by atoms with Crippen LogP contribution >= 0.6 is 0 Å². The van der Waals surface area contributed by atoms with E-state index in [2.05, 4.69) is 27.3 Å². The van der Waals surface area contributed by atoms with Gasteiger partial charge in [-0.1, -0.05) is 6.07 Å². The van der Waals surface area contributed by atoms with Crippen LogP contribution in [0.3, 0.4) is 0 Å². The molecule has 2 N–H and O–H groups in total. The van der Waals surface area contributed by atoms with Crippen LogP contribution in [0.1, 0.15) is 64.9 Å². The maximum atomic E-state index is 13.2. The number of aryl methyl sites for hydroxylation is 1. The lowest BCUT2D eigenvalue weighted by Gasteiger charge is -2.60. The number of nitrogens with one attached hydrogen (secondary N) is 2. The fraction of sp³-hybridized carbons (Fsp3) is 0.529. The number of likely N-dealkylation sites (N-methyl/N-ethyl adjacent to an activating group) is 1. The van der Waals surface area contributed by atoms with E-state index in [1.807, 2.05) is 20.9 Å². The van der Waals surface area contributed by atoms with Gasteiger partial charge in [0.15, 0.2) is 11.5 Å². The molecule has 12 nitrogen and oxygen atoms in total. The summed E-state index contributed by atoms with van der Waals surface area (Å²) >= 11 is 0. The van der Waals surface area contributed by atoms with Crippen molar-refractivity contribution in [1.29, 1.82) is 5.26 Å². The molecule has 2 bridgehead atoms. The second kappa shape index (κ2) is 12.4. The number of amides is 2. The van der Waals surface area contributed by atoms with Crippen LogP contribution in [0.4, 0.5) is 13.2 Å². The first-order chi connectivity index (χ1) is 23.1. The lowest BCUT2D eigenvalue weighted by Crippen LogP contribution is -2.69. The van der Waals surface area contributed by atoms with Crippen molar-refractivity contribution in [2.24, 2.45) is 0 Å². The summed E-state index contributed by atoms with van der Waals surface area (Å²) in [4.78, 5) is 41.5. The predicted molar refractivity (Wildman–Crippen MR) is 167 cm³/mol. The third-order valence-electron chi connectivity index (χ3n) is 10.3. The van der Waals surface area contributed by atoms with E-state index in [1.54, 1.807) is 19.4 Å². The maximum absolute atomic E-state index is 13.2. The van der Waals surface area contributed by atoms with Crippen molar-refractivity contribution < 1.29 is 46.5 Å². The Kier molecular flexibility index (Phi) is 8.69. The smallest absolute Gasteiger partial charge is 0.471 e. The Labute approximate surface area is 281 Å². The van der Waals surface area contributed by atoms with E-state index < -0.39 is 48.1 Å². The summed E-state index contributed by atoms with van der Waals surface area (Å²) in [5, 5.41) is 15.2. The molecular formula is C34H38F3N5O7. The predicted octanol–water partition coefficient (Wildman–Crippen LogP) is 3.23. The minimum absolute atomic E-state index is 0.115. The van der Waals surface area contributed by atoms with E-state index >= 15 is 0 Å².